The summed E-state index contributed by atoms with van der Waals surface area (Å²) in [6, 6.07) is 5.08. The van der Waals surface area contributed by atoms with Crippen LogP contribution in [-0.4, -0.2) is 24.6 Å². The van der Waals surface area contributed by atoms with Crippen molar-refractivity contribution in [2.45, 2.75) is 36.5 Å². The Morgan fingerprint density at radius 2 is 2.00 bits per heavy atom. The number of aromatic amines is 1. The van der Waals surface area contributed by atoms with Crippen molar-refractivity contribution in [1.29, 1.82) is 0 Å². The van der Waals surface area contributed by atoms with Crippen LogP contribution in [0.25, 0.3) is 11.0 Å². The highest BCUT2D eigenvalue weighted by Gasteiger charge is 2.20. The molecule has 1 saturated carbocycles. The number of H-pyrrole nitrogens is 1. The lowest BCUT2D eigenvalue weighted by Crippen LogP contribution is -1.96. The first kappa shape index (κ1) is 11.7. The summed E-state index contributed by atoms with van der Waals surface area (Å²) in [5.74, 6) is 1.52. The molecule has 18 heavy (non-hydrogen) atoms. The molecule has 1 heterocycles. The van der Waals surface area contributed by atoms with Gasteiger partial charge in [-0.1, -0.05) is 12.8 Å². The molecule has 0 bridgehead atoms. The zero-order chi connectivity index (χ0) is 12.8. The second-order valence-corrected chi connectivity index (χ2v) is 7.07. The Morgan fingerprint density at radius 3 is 2.67 bits per heavy atom. The number of rotatable bonds is 2. The van der Waals surface area contributed by atoms with Crippen LogP contribution in [-0.2, 0) is 9.84 Å². The van der Waals surface area contributed by atoms with E-state index < -0.39 is 9.84 Å². The first-order chi connectivity index (χ1) is 8.54. The predicted molar refractivity (Wildman–Crippen MR) is 70.4 cm³/mol. The molecule has 0 saturated heterocycles. The highest BCUT2D eigenvalue weighted by atomic mass is 32.2. The van der Waals surface area contributed by atoms with E-state index in [1.807, 2.05) is 0 Å². The molecule has 0 spiro atoms. The smallest absolute Gasteiger partial charge is 0.175 e. The summed E-state index contributed by atoms with van der Waals surface area (Å²) in [5, 5.41) is 0. The van der Waals surface area contributed by atoms with Gasteiger partial charge in [-0.25, -0.2) is 13.4 Å². The van der Waals surface area contributed by atoms with Crippen molar-refractivity contribution in [3.05, 3.63) is 24.0 Å². The van der Waals surface area contributed by atoms with Crippen molar-refractivity contribution in [2.24, 2.45) is 0 Å². The zero-order valence-corrected chi connectivity index (χ0v) is 11.1. The van der Waals surface area contributed by atoms with Crippen LogP contribution < -0.4 is 0 Å². The van der Waals surface area contributed by atoms with E-state index in [-0.39, 0.29) is 0 Å². The third kappa shape index (κ3) is 2.03. The van der Waals surface area contributed by atoms with Crippen molar-refractivity contribution >= 4 is 20.9 Å². The van der Waals surface area contributed by atoms with E-state index in [4.69, 9.17) is 0 Å². The maximum atomic E-state index is 11.5. The number of sulfone groups is 1. The van der Waals surface area contributed by atoms with E-state index >= 15 is 0 Å². The van der Waals surface area contributed by atoms with Crippen LogP contribution in [0.2, 0.25) is 0 Å². The molecule has 1 fully saturated rings. The van der Waals surface area contributed by atoms with Crippen LogP contribution in [0, 0.1) is 0 Å². The quantitative estimate of drug-likeness (QED) is 0.907. The Morgan fingerprint density at radius 1 is 1.28 bits per heavy atom. The van der Waals surface area contributed by atoms with Crippen molar-refractivity contribution in [3.8, 4) is 0 Å². The number of nitrogens with zero attached hydrogens (tertiary/aromatic N) is 1. The van der Waals surface area contributed by atoms with Gasteiger partial charge in [0.25, 0.3) is 0 Å². The van der Waals surface area contributed by atoms with Crippen LogP contribution in [0.4, 0.5) is 0 Å². The van der Waals surface area contributed by atoms with E-state index in [9.17, 15) is 8.42 Å². The second-order valence-electron chi connectivity index (χ2n) is 5.05. The molecule has 0 unspecified atom stereocenters. The first-order valence-electron chi connectivity index (χ1n) is 6.24. The molecule has 0 amide bonds. The predicted octanol–water partition coefficient (Wildman–Crippen LogP) is 2.62. The van der Waals surface area contributed by atoms with E-state index in [1.54, 1.807) is 18.2 Å². The van der Waals surface area contributed by atoms with E-state index in [0.717, 1.165) is 16.9 Å². The normalized spacial score (nSPS) is 17.6. The van der Waals surface area contributed by atoms with Gasteiger partial charge in [0.1, 0.15) is 5.82 Å². The Hall–Kier alpha value is -1.36. The third-order valence-electron chi connectivity index (χ3n) is 3.64. The SMILES string of the molecule is CS(=O)(=O)c1ccc2nc(C3CCCC3)[nH]c2c1. The Kier molecular flexibility index (Phi) is 2.66. The van der Waals surface area contributed by atoms with Crippen LogP contribution in [0.1, 0.15) is 37.4 Å². The fourth-order valence-corrected chi connectivity index (χ4v) is 3.28. The van der Waals surface area contributed by atoms with Crippen molar-refractivity contribution in [3.63, 3.8) is 0 Å². The van der Waals surface area contributed by atoms with Crippen LogP contribution in [0.3, 0.4) is 0 Å². The molecule has 5 heteroatoms. The van der Waals surface area contributed by atoms with E-state index in [0.29, 0.717) is 10.8 Å². The molecule has 1 aromatic heterocycles. The minimum absolute atomic E-state index is 0.344. The molecule has 96 valence electrons. The maximum Gasteiger partial charge on any atom is 0.175 e. The molecule has 1 aliphatic rings. The molecular weight excluding hydrogens is 248 g/mol. The lowest BCUT2D eigenvalue weighted by Gasteiger charge is -2.02. The summed E-state index contributed by atoms with van der Waals surface area (Å²) in [5.41, 5.74) is 1.67. The monoisotopic (exact) mass is 264 g/mol. The van der Waals surface area contributed by atoms with Crippen LogP contribution >= 0.6 is 0 Å². The summed E-state index contributed by atoms with van der Waals surface area (Å²) in [6.07, 6.45) is 6.10. The number of aromatic nitrogens is 2. The summed E-state index contributed by atoms with van der Waals surface area (Å²) < 4.78 is 23.0. The molecule has 1 aliphatic carbocycles. The average molecular weight is 264 g/mol. The van der Waals surface area contributed by atoms with Crippen molar-refractivity contribution in [2.75, 3.05) is 6.26 Å². The number of benzene rings is 1. The van der Waals surface area contributed by atoms with Gasteiger partial charge in [-0.05, 0) is 31.0 Å². The number of fused-ring (bicyclic) bond motifs is 1. The van der Waals surface area contributed by atoms with Crippen LogP contribution in [0.15, 0.2) is 23.1 Å². The number of hydrogen-bond acceptors (Lipinski definition) is 3. The molecular formula is C13H16N2O2S. The molecule has 1 aromatic carbocycles. The van der Waals surface area contributed by atoms with Crippen LogP contribution in [0.5, 0.6) is 0 Å². The molecule has 0 atom stereocenters. The van der Waals surface area contributed by atoms with Crippen molar-refractivity contribution < 1.29 is 8.42 Å². The summed E-state index contributed by atoms with van der Waals surface area (Å²) in [7, 11) is -3.15. The summed E-state index contributed by atoms with van der Waals surface area (Å²) >= 11 is 0. The second kappa shape index (κ2) is 4.09. The Labute approximate surface area is 106 Å². The highest BCUT2D eigenvalue weighted by Crippen LogP contribution is 2.33. The average Bonchev–Trinajstić information content (AvgIpc) is 2.95. The number of nitrogens with one attached hydrogen (secondary N) is 1. The van der Waals surface area contributed by atoms with Gasteiger partial charge in [-0.3, -0.25) is 0 Å². The summed E-state index contributed by atoms with van der Waals surface area (Å²) in [4.78, 5) is 8.19. The minimum Gasteiger partial charge on any atom is -0.342 e. The standard InChI is InChI=1S/C13H16N2O2S/c1-18(16,17)10-6-7-11-12(8-10)15-13(14-11)9-4-2-3-5-9/h6-9H,2-5H2,1H3,(H,14,15). The third-order valence-corrected chi connectivity index (χ3v) is 4.75. The van der Waals surface area contributed by atoms with Gasteiger partial charge in [0.2, 0.25) is 0 Å². The fraction of sp³-hybridized carbons (Fsp3) is 0.462. The molecule has 4 nitrogen and oxygen atoms in total. The van der Waals surface area contributed by atoms with Crippen molar-refractivity contribution in [1.82, 2.24) is 9.97 Å². The minimum atomic E-state index is -3.15. The van der Waals surface area contributed by atoms with E-state index in [1.165, 1.54) is 31.9 Å². The van der Waals surface area contributed by atoms with Gasteiger partial charge >= 0.3 is 0 Å². The number of imidazole rings is 1. The van der Waals surface area contributed by atoms with Gasteiger partial charge in [0.05, 0.1) is 15.9 Å². The Balaban J connectivity index is 2.06. The lowest BCUT2D eigenvalue weighted by atomic mass is 10.1. The van der Waals surface area contributed by atoms with Gasteiger partial charge in [-0.2, -0.15) is 0 Å². The highest BCUT2D eigenvalue weighted by molar-refractivity contribution is 7.90. The van der Waals surface area contributed by atoms with Gasteiger partial charge in [0.15, 0.2) is 9.84 Å². The van der Waals surface area contributed by atoms with Gasteiger partial charge in [-0.15, -0.1) is 0 Å². The largest absolute Gasteiger partial charge is 0.342 e. The molecule has 2 aromatic rings. The fourth-order valence-electron chi connectivity index (χ4n) is 2.63. The Bertz CT molecular complexity index is 682. The molecule has 0 radical (unpaired) electrons. The van der Waals surface area contributed by atoms with Gasteiger partial charge < -0.3 is 4.98 Å². The van der Waals surface area contributed by atoms with E-state index in [2.05, 4.69) is 9.97 Å². The zero-order valence-electron chi connectivity index (χ0n) is 10.3. The number of hydrogen-bond donors (Lipinski definition) is 1. The van der Waals surface area contributed by atoms with Gasteiger partial charge in [0, 0.05) is 12.2 Å². The lowest BCUT2D eigenvalue weighted by molar-refractivity contribution is 0.602. The maximum absolute atomic E-state index is 11.5. The molecule has 3 rings (SSSR count). The first-order valence-corrected chi connectivity index (χ1v) is 8.13. The molecule has 1 N–H and O–H groups in total. The summed E-state index contributed by atoms with van der Waals surface area (Å²) in [6.45, 7) is 0. The molecule has 0 aliphatic heterocycles. The topological polar surface area (TPSA) is 62.8 Å².